The number of hydrogen-bond acceptors (Lipinski definition) is 1. The van der Waals surface area contributed by atoms with Gasteiger partial charge in [0, 0.05) is 33.5 Å². The van der Waals surface area contributed by atoms with Crippen LogP contribution >= 0.6 is 0 Å². The summed E-state index contributed by atoms with van der Waals surface area (Å²) >= 11 is 0. The normalized spacial score (nSPS) is 11.3. The van der Waals surface area contributed by atoms with Gasteiger partial charge in [-0.1, -0.05) is 176 Å². The van der Waals surface area contributed by atoms with E-state index in [0.29, 0.717) is 0 Å². The highest BCUT2D eigenvalue weighted by molar-refractivity contribution is 6.09. The van der Waals surface area contributed by atoms with Gasteiger partial charge in [0.1, 0.15) is 0 Å². The quantitative estimate of drug-likeness (QED) is 0.150. The minimum atomic E-state index is 1.10. The van der Waals surface area contributed by atoms with Gasteiger partial charge in [0.05, 0.1) is 11.0 Å². The first-order valence-corrected chi connectivity index (χ1v) is 20.6. The van der Waals surface area contributed by atoms with Crippen molar-refractivity contribution < 1.29 is 0 Å². The lowest BCUT2D eigenvalue weighted by atomic mass is 9.97. The van der Waals surface area contributed by atoms with Gasteiger partial charge in [-0.3, -0.25) is 0 Å². The number of benzene rings is 10. The fourth-order valence-corrected chi connectivity index (χ4v) is 8.83. The third kappa shape index (κ3) is 6.41. The van der Waals surface area contributed by atoms with Gasteiger partial charge in [0.2, 0.25) is 0 Å². The molecule has 0 aliphatic carbocycles. The molecule has 0 bridgehead atoms. The largest absolute Gasteiger partial charge is 0.311 e. The molecule has 0 aliphatic heterocycles. The van der Waals surface area contributed by atoms with Crippen molar-refractivity contribution in [3.63, 3.8) is 0 Å². The molecule has 0 spiro atoms. The van der Waals surface area contributed by atoms with Gasteiger partial charge >= 0.3 is 0 Å². The molecule has 2 nitrogen and oxygen atoms in total. The highest BCUT2D eigenvalue weighted by atomic mass is 15.1. The van der Waals surface area contributed by atoms with E-state index in [1.165, 1.54) is 77.1 Å². The summed E-state index contributed by atoms with van der Waals surface area (Å²) in [6.45, 7) is 0. The lowest BCUT2D eigenvalue weighted by Crippen LogP contribution is -2.09. The Morgan fingerprint density at radius 3 is 1.25 bits per heavy atom. The monoisotopic (exact) mass is 764 g/mol. The summed E-state index contributed by atoms with van der Waals surface area (Å²) in [5.74, 6) is 0. The minimum Gasteiger partial charge on any atom is -0.311 e. The van der Waals surface area contributed by atoms with E-state index in [0.717, 1.165) is 22.7 Å². The molecule has 1 aromatic heterocycles. The number of nitrogens with zero attached hydrogens (tertiary/aromatic N) is 2. The zero-order valence-corrected chi connectivity index (χ0v) is 33.0. The second-order valence-corrected chi connectivity index (χ2v) is 15.4. The number of anilines is 3. The van der Waals surface area contributed by atoms with Crippen molar-refractivity contribution in [2.24, 2.45) is 0 Å². The summed E-state index contributed by atoms with van der Waals surface area (Å²) in [6, 6.07) is 87.7. The molecule has 0 saturated carbocycles. The fraction of sp³-hybridized carbons (Fsp3) is 0. The van der Waals surface area contributed by atoms with E-state index in [9.17, 15) is 0 Å². The van der Waals surface area contributed by atoms with E-state index in [1.807, 2.05) is 0 Å². The molecule has 0 aliphatic rings. The van der Waals surface area contributed by atoms with E-state index in [1.54, 1.807) is 0 Å². The average molecular weight is 765 g/mol. The van der Waals surface area contributed by atoms with Gasteiger partial charge in [-0.2, -0.15) is 0 Å². The average Bonchev–Trinajstić information content (AvgIpc) is 3.67. The summed E-state index contributed by atoms with van der Waals surface area (Å²) in [5.41, 5.74) is 16.5. The molecular weight excluding hydrogens is 725 g/mol. The van der Waals surface area contributed by atoms with Crippen LogP contribution in [0.25, 0.3) is 82.8 Å². The first kappa shape index (κ1) is 35.2. The summed E-state index contributed by atoms with van der Waals surface area (Å²) < 4.78 is 2.37. The van der Waals surface area contributed by atoms with Gasteiger partial charge < -0.3 is 9.47 Å². The topological polar surface area (TPSA) is 8.17 Å². The van der Waals surface area contributed by atoms with E-state index < -0.39 is 0 Å². The summed E-state index contributed by atoms with van der Waals surface area (Å²) in [6.07, 6.45) is 0. The van der Waals surface area contributed by atoms with Crippen LogP contribution in [0.2, 0.25) is 0 Å². The number of fused-ring (bicyclic) bond motifs is 4. The van der Waals surface area contributed by atoms with Crippen molar-refractivity contribution >= 4 is 49.6 Å². The number of aromatic nitrogens is 1. The molecule has 0 fully saturated rings. The lowest BCUT2D eigenvalue weighted by molar-refractivity contribution is 1.18. The van der Waals surface area contributed by atoms with Gasteiger partial charge in [-0.25, -0.2) is 0 Å². The predicted molar refractivity (Wildman–Crippen MR) is 255 cm³/mol. The summed E-state index contributed by atoms with van der Waals surface area (Å²) in [4.78, 5) is 2.35. The van der Waals surface area contributed by atoms with Crippen LogP contribution in [0.5, 0.6) is 0 Å². The molecular formula is C58H40N2. The van der Waals surface area contributed by atoms with E-state index in [4.69, 9.17) is 0 Å². The van der Waals surface area contributed by atoms with Crippen LogP contribution in [-0.2, 0) is 0 Å². The number of hydrogen-bond donors (Lipinski definition) is 0. The smallest absolute Gasteiger partial charge is 0.0541 e. The fourth-order valence-electron chi connectivity index (χ4n) is 8.83. The Kier molecular flexibility index (Phi) is 8.87. The Balaban J connectivity index is 0.913. The summed E-state index contributed by atoms with van der Waals surface area (Å²) in [5, 5.41) is 5.06. The molecule has 0 atom stereocenters. The van der Waals surface area contributed by atoms with Crippen LogP contribution in [0.15, 0.2) is 243 Å². The highest BCUT2D eigenvalue weighted by Gasteiger charge is 2.15. The first-order valence-electron chi connectivity index (χ1n) is 20.6. The second kappa shape index (κ2) is 15.1. The summed E-state index contributed by atoms with van der Waals surface area (Å²) in [7, 11) is 0. The van der Waals surface area contributed by atoms with Crippen molar-refractivity contribution in [2.45, 2.75) is 0 Å². The van der Waals surface area contributed by atoms with Crippen LogP contribution in [0.3, 0.4) is 0 Å². The maximum absolute atomic E-state index is 2.37. The molecule has 1 heterocycles. The Hall–Kier alpha value is -7.94. The Morgan fingerprint density at radius 2 is 0.667 bits per heavy atom. The van der Waals surface area contributed by atoms with Crippen molar-refractivity contribution in [3.8, 4) is 50.2 Å². The maximum atomic E-state index is 2.37. The third-order valence-corrected chi connectivity index (χ3v) is 11.8. The molecule has 0 saturated heterocycles. The Morgan fingerprint density at radius 1 is 0.267 bits per heavy atom. The van der Waals surface area contributed by atoms with Gasteiger partial charge in [-0.05, 0) is 122 Å². The first-order chi connectivity index (χ1) is 29.7. The molecule has 2 heteroatoms. The zero-order valence-electron chi connectivity index (χ0n) is 33.0. The van der Waals surface area contributed by atoms with Crippen LogP contribution in [-0.4, -0.2) is 4.57 Å². The van der Waals surface area contributed by atoms with E-state index in [2.05, 4.69) is 252 Å². The number of para-hydroxylation sites is 2. The molecule has 0 radical (unpaired) electrons. The van der Waals surface area contributed by atoms with Crippen LogP contribution in [0.1, 0.15) is 0 Å². The lowest BCUT2D eigenvalue weighted by Gasteiger charge is -2.26. The predicted octanol–water partition coefficient (Wildman–Crippen LogP) is 16.1. The standard InChI is InChI=1S/C58H40N2/c1-2-12-41(13-3-1)42-24-32-49(33-25-42)59(51-38-30-46(31-39-51)54-21-11-15-45-14-4-5-18-53(45)54)50-34-26-43(27-35-50)47-16-10-17-48(40-47)44-28-36-52(37-29-44)60-57-22-8-6-19-55(57)56-20-7-9-23-58(56)60/h1-40H. The third-order valence-electron chi connectivity index (χ3n) is 11.8. The molecule has 60 heavy (non-hydrogen) atoms. The molecule has 0 unspecified atom stereocenters. The Labute approximate surface area is 350 Å². The minimum absolute atomic E-state index is 1.10. The van der Waals surface area contributed by atoms with Gasteiger partial charge in [-0.15, -0.1) is 0 Å². The zero-order chi connectivity index (χ0) is 39.8. The van der Waals surface area contributed by atoms with E-state index >= 15 is 0 Å². The van der Waals surface area contributed by atoms with Gasteiger partial charge in [0.15, 0.2) is 0 Å². The van der Waals surface area contributed by atoms with Crippen molar-refractivity contribution in [3.05, 3.63) is 243 Å². The number of rotatable bonds is 8. The molecule has 282 valence electrons. The maximum Gasteiger partial charge on any atom is 0.0541 e. The SMILES string of the molecule is c1ccc(-c2ccc(N(c3ccc(-c4cccc(-c5ccc(-n6c7ccccc7c7ccccc76)cc5)c4)cc3)c3ccc(-c4cccc5ccccc45)cc3)cc2)cc1. The van der Waals surface area contributed by atoms with Crippen LogP contribution in [0.4, 0.5) is 17.1 Å². The van der Waals surface area contributed by atoms with Crippen molar-refractivity contribution in [2.75, 3.05) is 4.90 Å². The van der Waals surface area contributed by atoms with Gasteiger partial charge in [0.25, 0.3) is 0 Å². The van der Waals surface area contributed by atoms with Crippen LogP contribution < -0.4 is 4.90 Å². The molecule has 11 aromatic rings. The highest BCUT2D eigenvalue weighted by Crippen LogP contribution is 2.39. The van der Waals surface area contributed by atoms with Crippen molar-refractivity contribution in [1.29, 1.82) is 0 Å². The Bertz CT molecular complexity index is 3210. The molecule has 10 aromatic carbocycles. The molecule has 0 N–H and O–H groups in total. The van der Waals surface area contributed by atoms with Crippen LogP contribution in [0, 0.1) is 0 Å². The second-order valence-electron chi connectivity index (χ2n) is 15.4. The molecule has 0 amide bonds. The van der Waals surface area contributed by atoms with E-state index in [-0.39, 0.29) is 0 Å². The van der Waals surface area contributed by atoms with Crippen molar-refractivity contribution in [1.82, 2.24) is 4.57 Å². The molecule has 11 rings (SSSR count).